The van der Waals surface area contributed by atoms with Crippen LogP contribution in [0.25, 0.3) is 0 Å². The molecule has 0 radical (unpaired) electrons. The number of carboxylic acids is 1. The molecule has 0 saturated heterocycles. The van der Waals surface area contributed by atoms with E-state index >= 15 is 0 Å². The maximum atomic E-state index is 11.9. The van der Waals surface area contributed by atoms with Gasteiger partial charge in [-0.2, -0.15) is 0 Å². The van der Waals surface area contributed by atoms with E-state index < -0.39 is 12.0 Å². The molecule has 0 fully saturated rings. The molecule has 0 heterocycles. The topological polar surface area (TPSA) is 66.4 Å². The van der Waals surface area contributed by atoms with E-state index in [1.807, 2.05) is 31.2 Å². The highest BCUT2D eigenvalue weighted by Crippen LogP contribution is 2.15. The number of carbonyl (C=O) groups excluding carboxylic acids is 1. The Morgan fingerprint density at radius 2 is 1.76 bits per heavy atom. The Balaban J connectivity index is 2.50. The molecule has 0 aromatic heterocycles. The van der Waals surface area contributed by atoms with Crippen LogP contribution in [0.3, 0.4) is 0 Å². The highest BCUT2D eigenvalue weighted by molar-refractivity contribution is 6.30. The first kappa shape index (κ1) is 17.5. The van der Waals surface area contributed by atoms with Crippen molar-refractivity contribution in [3.05, 3.63) is 34.9 Å². The molecule has 1 amide bonds. The standard InChI is InChI=1S/C16H22ClNO3/c1-10(2)15(16(20)21)18-14(19)9-11(3)8-12-4-6-13(17)7-5-12/h4-7,10-11,15H,8-9H2,1-3H3,(H,18,19)(H,20,21)/t11?,15-/m1/s1. The number of carbonyl (C=O) groups is 2. The molecule has 116 valence electrons. The molecular formula is C16H22ClNO3. The zero-order chi connectivity index (χ0) is 16.0. The SMILES string of the molecule is CC(CC(=O)N[C@@H](C(=O)O)C(C)C)Cc1ccc(Cl)cc1. The summed E-state index contributed by atoms with van der Waals surface area (Å²) in [5.74, 6) is -1.23. The lowest BCUT2D eigenvalue weighted by Crippen LogP contribution is -2.44. The first-order valence-corrected chi connectivity index (χ1v) is 7.44. The van der Waals surface area contributed by atoms with Crippen LogP contribution >= 0.6 is 11.6 Å². The fourth-order valence-electron chi connectivity index (χ4n) is 2.16. The second kappa shape index (κ2) is 8.03. The Morgan fingerprint density at radius 3 is 2.24 bits per heavy atom. The normalized spacial score (nSPS) is 13.8. The molecule has 1 rings (SSSR count). The van der Waals surface area contributed by atoms with Crippen molar-refractivity contribution in [2.24, 2.45) is 11.8 Å². The molecule has 1 unspecified atom stereocenters. The molecule has 0 bridgehead atoms. The van der Waals surface area contributed by atoms with Gasteiger partial charge in [-0.25, -0.2) is 4.79 Å². The first-order chi connectivity index (χ1) is 9.79. The number of benzene rings is 1. The van der Waals surface area contributed by atoms with Crippen LogP contribution < -0.4 is 5.32 Å². The van der Waals surface area contributed by atoms with E-state index in [0.717, 1.165) is 12.0 Å². The summed E-state index contributed by atoms with van der Waals surface area (Å²) >= 11 is 5.83. The molecule has 4 nitrogen and oxygen atoms in total. The van der Waals surface area contributed by atoms with Gasteiger partial charge in [0.15, 0.2) is 0 Å². The Bertz CT molecular complexity index is 485. The summed E-state index contributed by atoms with van der Waals surface area (Å²) in [6.07, 6.45) is 1.06. The zero-order valence-electron chi connectivity index (χ0n) is 12.6. The van der Waals surface area contributed by atoms with E-state index in [4.69, 9.17) is 16.7 Å². The molecule has 0 aliphatic heterocycles. The van der Waals surface area contributed by atoms with Gasteiger partial charge in [0.1, 0.15) is 6.04 Å². The van der Waals surface area contributed by atoms with Gasteiger partial charge < -0.3 is 10.4 Å². The molecule has 2 N–H and O–H groups in total. The minimum Gasteiger partial charge on any atom is -0.480 e. The Kier molecular flexibility index (Phi) is 6.69. The van der Waals surface area contributed by atoms with Crippen molar-refractivity contribution in [3.8, 4) is 0 Å². The average molecular weight is 312 g/mol. The highest BCUT2D eigenvalue weighted by Gasteiger charge is 2.23. The van der Waals surface area contributed by atoms with Crippen molar-refractivity contribution in [3.63, 3.8) is 0 Å². The number of hydrogen-bond acceptors (Lipinski definition) is 2. The van der Waals surface area contributed by atoms with E-state index in [9.17, 15) is 9.59 Å². The number of aliphatic carboxylic acids is 1. The van der Waals surface area contributed by atoms with Gasteiger partial charge >= 0.3 is 5.97 Å². The van der Waals surface area contributed by atoms with Gasteiger partial charge in [0.05, 0.1) is 0 Å². The van der Waals surface area contributed by atoms with Gasteiger partial charge in [0, 0.05) is 11.4 Å². The molecular weight excluding hydrogens is 290 g/mol. The van der Waals surface area contributed by atoms with E-state index in [0.29, 0.717) is 11.4 Å². The van der Waals surface area contributed by atoms with Crippen molar-refractivity contribution in [2.45, 2.75) is 39.7 Å². The highest BCUT2D eigenvalue weighted by atomic mass is 35.5. The van der Waals surface area contributed by atoms with Crippen molar-refractivity contribution in [1.29, 1.82) is 0 Å². The van der Waals surface area contributed by atoms with Crippen molar-refractivity contribution in [1.82, 2.24) is 5.32 Å². The minimum absolute atomic E-state index is 0.132. The molecule has 5 heteroatoms. The number of nitrogens with one attached hydrogen (secondary N) is 1. The summed E-state index contributed by atoms with van der Waals surface area (Å²) in [6, 6.07) is 6.68. The van der Waals surface area contributed by atoms with Crippen LogP contribution in [0.1, 0.15) is 32.8 Å². The lowest BCUT2D eigenvalue weighted by molar-refractivity contribution is -0.143. The van der Waals surface area contributed by atoms with Gasteiger partial charge in [-0.1, -0.05) is 44.5 Å². The predicted molar refractivity (Wildman–Crippen MR) is 83.3 cm³/mol. The van der Waals surface area contributed by atoms with Gasteiger partial charge in [0.2, 0.25) is 5.91 Å². The number of carboxylic acid groups (broad SMARTS) is 1. The van der Waals surface area contributed by atoms with Crippen molar-refractivity contribution < 1.29 is 14.7 Å². The van der Waals surface area contributed by atoms with Crippen LogP contribution in [0.2, 0.25) is 5.02 Å². The summed E-state index contributed by atoms with van der Waals surface area (Å²) in [5, 5.41) is 12.3. The maximum absolute atomic E-state index is 11.9. The minimum atomic E-state index is -0.997. The number of rotatable bonds is 7. The molecule has 0 aliphatic carbocycles. The Hall–Kier alpha value is -1.55. The predicted octanol–water partition coefficient (Wildman–Crippen LogP) is 3.13. The molecule has 0 saturated carbocycles. The lowest BCUT2D eigenvalue weighted by atomic mass is 9.97. The van der Waals surface area contributed by atoms with Crippen LogP contribution in [0, 0.1) is 11.8 Å². The quantitative estimate of drug-likeness (QED) is 0.813. The number of hydrogen-bond donors (Lipinski definition) is 2. The molecule has 21 heavy (non-hydrogen) atoms. The maximum Gasteiger partial charge on any atom is 0.326 e. The Labute approximate surface area is 130 Å². The van der Waals surface area contributed by atoms with Crippen molar-refractivity contribution in [2.75, 3.05) is 0 Å². The van der Waals surface area contributed by atoms with Crippen LogP contribution in [0.4, 0.5) is 0 Å². The second-order valence-electron chi connectivity index (χ2n) is 5.77. The van der Waals surface area contributed by atoms with E-state index in [1.54, 1.807) is 13.8 Å². The second-order valence-corrected chi connectivity index (χ2v) is 6.20. The van der Waals surface area contributed by atoms with Crippen molar-refractivity contribution >= 4 is 23.5 Å². The third-order valence-corrected chi connectivity index (χ3v) is 3.53. The summed E-state index contributed by atoms with van der Waals surface area (Å²) in [4.78, 5) is 23.0. The third-order valence-electron chi connectivity index (χ3n) is 3.28. The third kappa shape index (κ3) is 6.17. The monoisotopic (exact) mass is 311 g/mol. The molecule has 1 aromatic rings. The van der Waals surface area contributed by atoms with E-state index in [1.165, 1.54) is 0 Å². The average Bonchev–Trinajstić information content (AvgIpc) is 2.38. The fourth-order valence-corrected chi connectivity index (χ4v) is 2.28. The van der Waals surface area contributed by atoms with Gasteiger partial charge in [0.25, 0.3) is 0 Å². The zero-order valence-corrected chi connectivity index (χ0v) is 13.4. The van der Waals surface area contributed by atoms with Gasteiger partial charge in [-0.05, 0) is 36.0 Å². The number of amides is 1. The lowest BCUT2D eigenvalue weighted by Gasteiger charge is -2.19. The molecule has 2 atom stereocenters. The van der Waals surface area contributed by atoms with E-state index in [2.05, 4.69) is 5.32 Å². The smallest absolute Gasteiger partial charge is 0.326 e. The summed E-state index contributed by atoms with van der Waals surface area (Å²) in [6.45, 7) is 5.52. The van der Waals surface area contributed by atoms with Crippen LogP contribution in [0.5, 0.6) is 0 Å². The largest absolute Gasteiger partial charge is 0.480 e. The molecule has 0 spiro atoms. The van der Waals surface area contributed by atoms with Crippen LogP contribution in [-0.2, 0) is 16.0 Å². The molecule has 1 aromatic carbocycles. The van der Waals surface area contributed by atoms with E-state index in [-0.39, 0.29) is 17.7 Å². The summed E-state index contributed by atoms with van der Waals surface area (Å²) in [7, 11) is 0. The Morgan fingerprint density at radius 1 is 1.19 bits per heavy atom. The van der Waals surface area contributed by atoms with Crippen LogP contribution in [0.15, 0.2) is 24.3 Å². The molecule has 0 aliphatic rings. The number of halogens is 1. The summed E-state index contributed by atoms with van der Waals surface area (Å²) in [5.41, 5.74) is 1.11. The first-order valence-electron chi connectivity index (χ1n) is 7.06. The van der Waals surface area contributed by atoms with Gasteiger partial charge in [-0.3, -0.25) is 4.79 Å². The van der Waals surface area contributed by atoms with Gasteiger partial charge in [-0.15, -0.1) is 0 Å². The van der Waals surface area contributed by atoms with Crippen LogP contribution in [-0.4, -0.2) is 23.0 Å². The fraction of sp³-hybridized carbons (Fsp3) is 0.500. The summed E-state index contributed by atoms with van der Waals surface area (Å²) < 4.78 is 0.